The molecule has 0 aromatic heterocycles. The summed E-state index contributed by atoms with van der Waals surface area (Å²) in [4.78, 5) is 0. The van der Waals surface area contributed by atoms with Gasteiger partial charge >= 0.3 is 0 Å². The highest BCUT2D eigenvalue weighted by atomic mass is 16.3. The van der Waals surface area contributed by atoms with Crippen molar-refractivity contribution in [3.63, 3.8) is 0 Å². The number of phenols is 1. The van der Waals surface area contributed by atoms with Gasteiger partial charge in [-0.1, -0.05) is 25.1 Å². The maximum Gasteiger partial charge on any atom is 0.116 e. The van der Waals surface area contributed by atoms with Crippen LogP contribution in [0.5, 0.6) is 5.75 Å². The largest absolute Gasteiger partial charge is 0.508 e. The van der Waals surface area contributed by atoms with Gasteiger partial charge in [0.25, 0.3) is 0 Å². The van der Waals surface area contributed by atoms with Crippen LogP contribution in [0.3, 0.4) is 0 Å². The molecule has 3 atom stereocenters. The Kier molecular flexibility index (Phi) is 2.60. The predicted octanol–water partition coefficient (Wildman–Crippen LogP) is 4.62. The minimum absolute atomic E-state index is 0.270. The summed E-state index contributed by atoms with van der Waals surface area (Å²) in [7, 11) is 0. The van der Waals surface area contributed by atoms with Crippen molar-refractivity contribution in [2.24, 2.45) is 11.3 Å². The van der Waals surface area contributed by atoms with E-state index in [4.69, 9.17) is 6.42 Å². The van der Waals surface area contributed by atoms with Crippen molar-refractivity contribution in [2.45, 2.75) is 38.5 Å². The van der Waals surface area contributed by atoms with Gasteiger partial charge < -0.3 is 5.11 Å². The zero-order valence-corrected chi connectivity index (χ0v) is 12.4. The Morgan fingerprint density at radius 1 is 1.24 bits per heavy atom. The lowest BCUT2D eigenvalue weighted by molar-refractivity contribution is 0.211. The van der Waals surface area contributed by atoms with Crippen LogP contribution in [0.4, 0.5) is 0 Å². The molecule has 1 saturated carbocycles. The van der Waals surface area contributed by atoms with Gasteiger partial charge in [-0.05, 0) is 71.0 Å². The van der Waals surface area contributed by atoms with E-state index in [-0.39, 0.29) is 5.41 Å². The molecule has 21 heavy (non-hydrogen) atoms. The highest BCUT2D eigenvalue weighted by Crippen LogP contribution is 2.59. The van der Waals surface area contributed by atoms with Gasteiger partial charge in [-0.3, -0.25) is 0 Å². The van der Waals surface area contributed by atoms with Gasteiger partial charge in [0, 0.05) is 5.92 Å². The molecule has 1 N–H and O–H groups in total. The lowest BCUT2D eigenvalue weighted by atomic mass is 9.63. The van der Waals surface area contributed by atoms with E-state index < -0.39 is 0 Å². The van der Waals surface area contributed by atoms with E-state index in [0.29, 0.717) is 17.6 Å². The first-order valence-electron chi connectivity index (χ1n) is 7.84. The van der Waals surface area contributed by atoms with Crippen LogP contribution in [-0.2, 0) is 6.42 Å². The Bertz CT molecular complexity index is 767. The lowest BCUT2D eigenvalue weighted by Gasteiger charge is -2.40. The second-order valence-corrected chi connectivity index (χ2v) is 6.89. The van der Waals surface area contributed by atoms with Crippen molar-refractivity contribution in [1.82, 2.24) is 0 Å². The van der Waals surface area contributed by atoms with Crippen molar-refractivity contribution in [3.05, 3.63) is 41.5 Å². The molecule has 1 fully saturated rings. The number of phenolic OH excluding ortho intramolecular Hbond substituents is 1. The van der Waals surface area contributed by atoms with E-state index in [0.717, 1.165) is 18.2 Å². The van der Waals surface area contributed by atoms with Crippen LogP contribution in [0, 0.1) is 23.7 Å². The SMILES string of the molecule is C#CC1CCC2c3ccc4cc(O)ccc4c3CCC12C. The topological polar surface area (TPSA) is 20.2 Å². The number of hydrogen-bond acceptors (Lipinski definition) is 1. The smallest absolute Gasteiger partial charge is 0.116 e. The maximum absolute atomic E-state index is 9.67. The molecule has 1 heteroatoms. The van der Waals surface area contributed by atoms with Crippen LogP contribution in [0.15, 0.2) is 30.3 Å². The van der Waals surface area contributed by atoms with Crippen LogP contribution in [-0.4, -0.2) is 5.11 Å². The zero-order chi connectivity index (χ0) is 14.6. The fourth-order valence-corrected chi connectivity index (χ4v) is 4.77. The van der Waals surface area contributed by atoms with Gasteiger partial charge in [-0.2, -0.15) is 0 Å². The number of hydrogen-bond donors (Lipinski definition) is 1. The molecule has 2 aliphatic carbocycles. The number of terminal acetylenes is 1. The molecule has 3 unspecified atom stereocenters. The van der Waals surface area contributed by atoms with Crippen LogP contribution >= 0.6 is 0 Å². The van der Waals surface area contributed by atoms with E-state index in [1.807, 2.05) is 6.07 Å². The average molecular weight is 276 g/mol. The summed E-state index contributed by atoms with van der Waals surface area (Å²) >= 11 is 0. The van der Waals surface area contributed by atoms with Crippen molar-refractivity contribution < 1.29 is 5.11 Å². The maximum atomic E-state index is 9.67. The summed E-state index contributed by atoms with van der Waals surface area (Å²) in [5.41, 5.74) is 3.25. The Morgan fingerprint density at radius 3 is 2.90 bits per heavy atom. The molecule has 2 aromatic rings. The summed E-state index contributed by atoms with van der Waals surface area (Å²) in [5.74, 6) is 4.41. The van der Waals surface area contributed by atoms with E-state index >= 15 is 0 Å². The molecule has 0 saturated heterocycles. The van der Waals surface area contributed by atoms with Crippen molar-refractivity contribution in [1.29, 1.82) is 0 Å². The molecule has 0 spiro atoms. The Hall–Kier alpha value is -1.94. The second kappa shape index (κ2) is 4.28. The molecule has 4 rings (SSSR count). The highest BCUT2D eigenvalue weighted by Gasteiger charge is 2.48. The van der Waals surface area contributed by atoms with Crippen molar-refractivity contribution in [3.8, 4) is 18.1 Å². The van der Waals surface area contributed by atoms with E-state index in [1.165, 1.54) is 29.4 Å². The van der Waals surface area contributed by atoms with E-state index in [2.05, 4.69) is 31.0 Å². The summed E-state index contributed by atoms with van der Waals surface area (Å²) in [6.07, 6.45) is 10.4. The van der Waals surface area contributed by atoms with Gasteiger partial charge in [-0.25, -0.2) is 0 Å². The molecular formula is C20H20O. The Balaban J connectivity index is 1.91. The highest BCUT2D eigenvalue weighted by molar-refractivity contribution is 5.88. The third kappa shape index (κ3) is 1.65. The first kappa shape index (κ1) is 12.8. The van der Waals surface area contributed by atoms with Gasteiger partial charge in [0.05, 0.1) is 0 Å². The molecule has 0 radical (unpaired) electrons. The predicted molar refractivity (Wildman–Crippen MR) is 86.3 cm³/mol. The quantitative estimate of drug-likeness (QED) is 0.696. The summed E-state index contributed by atoms with van der Waals surface area (Å²) in [6.45, 7) is 2.39. The third-order valence-electron chi connectivity index (χ3n) is 5.98. The van der Waals surface area contributed by atoms with Gasteiger partial charge in [0.2, 0.25) is 0 Å². The fraction of sp³-hybridized carbons (Fsp3) is 0.400. The number of rotatable bonds is 0. The van der Waals surface area contributed by atoms with Crippen molar-refractivity contribution >= 4 is 10.8 Å². The Morgan fingerprint density at radius 2 is 2.10 bits per heavy atom. The molecule has 2 aromatic carbocycles. The third-order valence-corrected chi connectivity index (χ3v) is 5.98. The van der Waals surface area contributed by atoms with Crippen LogP contribution < -0.4 is 0 Å². The first-order valence-corrected chi connectivity index (χ1v) is 7.84. The van der Waals surface area contributed by atoms with Gasteiger partial charge in [0.1, 0.15) is 5.75 Å². The number of aromatic hydroxyl groups is 1. The summed E-state index contributed by atoms with van der Waals surface area (Å²) in [6, 6.07) is 10.2. The molecule has 0 aliphatic heterocycles. The number of fused-ring (bicyclic) bond motifs is 5. The summed E-state index contributed by atoms with van der Waals surface area (Å²) in [5, 5.41) is 12.1. The van der Waals surface area contributed by atoms with E-state index in [9.17, 15) is 5.11 Å². The molecule has 0 amide bonds. The lowest BCUT2D eigenvalue weighted by Crippen LogP contribution is -2.31. The second-order valence-electron chi connectivity index (χ2n) is 6.89. The number of aryl methyl sites for hydroxylation is 1. The molecule has 2 aliphatic rings. The molecule has 106 valence electrons. The Labute approximate surface area is 126 Å². The first-order chi connectivity index (χ1) is 10.1. The molecule has 0 heterocycles. The van der Waals surface area contributed by atoms with E-state index in [1.54, 1.807) is 6.07 Å². The monoisotopic (exact) mass is 276 g/mol. The van der Waals surface area contributed by atoms with Crippen molar-refractivity contribution in [2.75, 3.05) is 0 Å². The van der Waals surface area contributed by atoms with Crippen LogP contribution in [0.1, 0.15) is 43.2 Å². The van der Waals surface area contributed by atoms with Gasteiger partial charge in [0.15, 0.2) is 0 Å². The van der Waals surface area contributed by atoms with Crippen LogP contribution in [0.25, 0.3) is 10.8 Å². The molecule has 1 nitrogen and oxygen atoms in total. The zero-order valence-electron chi connectivity index (χ0n) is 12.4. The standard InChI is InChI=1S/C20H20O/c1-3-14-5-9-19-18-7-4-13-12-15(21)6-8-16(13)17(18)10-11-20(14,19)2/h1,4,6-8,12,14,19,21H,5,9-11H2,2H3. The minimum atomic E-state index is 0.270. The van der Waals surface area contributed by atoms with Gasteiger partial charge in [-0.15, -0.1) is 12.3 Å². The summed E-state index contributed by atoms with van der Waals surface area (Å²) < 4.78 is 0. The average Bonchev–Trinajstić information content (AvgIpc) is 2.83. The fourth-order valence-electron chi connectivity index (χ4n) is 4.77. The number of benzene rings is 2. The normalized spacial score (nSPS) is 30.7. The molecular weight excluding hydrogens is 256 g/mol. The van der Waals surface area contributed by atoms with Crippen LogP contribution in [0.2, 0.25) is 0 Å². The molecule has 0 bridgehead atoms. The minimum Gasteiger partial charge on any atom is -0.508 e.